The fourth-order valence-corrected chi connectivity index (χ4v) is 2.53. The van der Waals surface area contributed by atoms with Crippen LogP contribution in [0.4, 0.5) is 0 Å². The highest BCUT2D eigenvalue weighted by Crippen LogP contribution is 2.18. The van der Waals surface area contributed by atoms with Crippen molar-refractivity contribution in [2.75, 3.05) is 26.2 Å². The zero-order chi connectivity index (χ0) is 10.7. The van der Waals surface area contributed by atoms with Crippen molar-refractivity contribution in [3.63, 3.8) is 0 Å². The Labute approximate surface area is 90.6 Å². The zero-order valence-corrected chi connectivity index (χ0v) is 9.11. The standard InChI is InChI=1S/C11H20N2O2/c14-8-9-3-2-6-13(7-9)11(15)10-4-1-5-12-10/h9-10,12,14H,1-8H2. The number of hydrogen-bond donors (Lipinski definition) is 2. The lowest BCUT2D eigenvalue weighted by Crippen LogP contribution is -2.48. The normalized spacial score (nSPS) is 31.9. The number of nitrogens with one attached hydrogen (secondary N) is 1. The number of carbonyl (C=O) groups excluding carboxylic acids is 1. The van der Waals surface area contributed by atoms with Gasteiger partial charge in [-0.25, -0.2) is 0 Å². The first-order valence-electron chi connectivity index (χ1n) is 5.94. The minimum Gasteiger partial charge on any atom is -0.396 e. The van der Waals surface area contributed by atoms with Crippen LogP contribution in [-0.2, 0) is 4.79 Å². The molecule has 2 aliphatic heterocycles. The van der Waals surface area contributed by atoms with Crippen molar-refractivity contribution in [2.24, 2.45) is 5.92 Å². The summed E-state index contributed by atoms with van der Waals surface area (Å²) in [5, 5.41) is 12.3. The number of aliphatic hydroxyl groups is 1. The highest BCUT2D eigenvalue weighted by Gasteiger charge is 2.29. The van der Waals surface area contributed by atoms with E-state index in [2.05, 4.69) is 5.32 Å². The number of hydrogen-bond acceptors (Lipinski definition) is 3. The molecule has 2 heterocycles. The maximum absolute atomic E-state index is 12.0. The van der Waals surface area contributed by atoms with Gasteiger partial charge >= 0.3 is 0 Å². The van der Waals surface area contributed by atoms with Gasteiger partial charge in [0, 0.05) is 19.7 Å². The molecule has 0 aromatic rings. The van der Waals surface area contributed by atoms with Gasteiger partial charge in [0.25, 0.3) is 0 Å². The Morgan fingerprint density at radius 2 is 2.27 bits per heavy atom. The molecular formula is C11H20N2O2. The lowest BCUT2D eigenvalue weighted by molar-refractivity contribution is -0.135. The van der Waals surface area contributed by atoms with Gasteiger partial charge in [-0.1, -0.05) is 0 Å². The summed E-state index contributed by atoms with van der Waals surface area (Å²) in [6.45, 7) is 2.79. The molecular weight excluding hydrogens is 192 g/mol. The van der Waals surface area contributed by atoms with Crippen LogP contribution in [0.25, 0.3) is 0 Å². The summed E-state index contributed by atoms with van der Waals surface area (Å²) in [6, 6.07) is 0.0439. The molecule has 2 rings (SSSR count). The molecule has 0 bridgehead atoms. The van der Waals surface area contributed by atoms with Crippen molar-refractivity contribution in [3.05, 3.63) is 0 Å². The van der Waals surface area contributed by atoms with Gasteiger partial charge in [0.05, 0.1) is 6.04 Å². The summed E-state index contributed by atoms with van der Waals surface area (Å²) in [5.74, 6) is 0.537. The average molecular weight is 212 g/mol. The quantitative estimate of drug-likeness (QED) is 0.676. The largest absolute Gasteiger partial charge is 0.396 e. The van der Waals surface area contributed by atoms with E-state index in [1.54, 1.807) is 0 Å². The minimum atomic E-state index is 0.0439. The molecule has 1 amide bonds. The number of carbonyl (C=O) groups is 1. The minimum absolute atomic E-state index is 0.0439. The number of rotatable bonds is 2. The summed E-state index contributed by atoms with van der Waals surface area (Å²) in [5.41, 5.74) is 0. The summed E-state index contributed by atoms with van der Waals surface area (Å²) < 4.78 is 0. The van der Waals surface area contributed by atoms with E-state index < -0.39 is 0 Å². The number of piperidine rings is 1. The van der Waals surface area contributed by atoms with Crippen LogP contribution in [-0.4, -0.2) is 48.2 Å². The van der Waals surface area contributed by atoms with Gasteiger partial charge in [-0.2, -0.15) is 0 Å². The Balaban J connectivity index is 1.88. The zero-order valence-electron chi connectivity index (χ0n) is 9.11. The van der Waals surface area contributed by atoms with Crippen LogP contribution in [0.1, 0.15) is 25.7 Å². The van der Waals surface area contributed by atoms with E-state index in [-0.39, 0.29) is 18.6 Å². The molecule has 2 saturated heterocycles. The first-order valence-corrected chi connectivity index (χ1v) is 5.94. The Kier molecular flexibility index (Phi) is 3.59. The van der Waals surface area contributed by atoms with E-state index in [1.165, 1.54) is 0 Å². The summed E-state index contributed by atoms with van der Waals surface area (Å²) in [7, 11) is 0. The summed E-state index contributed by atoms with van der Waals surface area (Å²) in [6.07, 6.45) is 4.16. The van der Waals surface area contributed by atoms with Gasteiger partial charge in [0.15, 0.2) is 0 Å². The predicted octanol–water partition coefficient (Wildman–Crippen LogP) is -0.0307. The fraction of sp³-hybridized carbons (Fsp3) is 0.909. The van der Waals surface area contributed by atoms with Gasteiger partial charge in [-0.15, -0.1) is 0 Å². The van der Waals surface area contributed by atoms with Crippen LogP contribution < -0.4 is 5.32 Å². The summed E-state index contributed by atoms with van der Waals surface area (Å²) in [4.78, 5) is 14.0. The van der Waals surface area contributed by atoms with Crippen LogP contribution >= 0.6 is 0 Å². The smallest absolute Gasteiger partial charge is 0.239 e. The third-order valence-corrected chi connectivity index (χ3v) is 3.45. The lowest BCUT2D eigenvalue weighted by atomic mass is 9.98. The molecule has 0 aliphatic carbocycles. The van der Waals surface area contributed by atoms with Crippen molar-refractivity contribution in [3.8, 4) is 0 Å². The average Bonchev–Trinajstić information content (AvgIpc) is 2.81. The maximum atomic E-state index is 12.0. The molecule has 0 aromatic carbocycles. The molecule has 2 N–H and O–H groups in total. The highest BCUT2D eigenvalue weighted by atomic mass is 16.3. The first-order chi connectivity index (χ1) is 7.31. The van der Waals surface area contributed by atoms with Crippen molar-refractivity contribution < 1.29 is 9.90 Å². The Morgan fingerprint density at radius 3 is 2.93 bits per heavy atom. The van der Waals surface area contributed by atoms with Gasteiger partial charge in [0.2, 0.25) is 5.91 Å². The second-order valence-electron chi connectivity index (χ2n) is 4.62. The molecule has 2 atom stereocenters. The summed E-state index contributed by atoms with van der Waals surface area (Å²) >= 11 is 0. The van der Waals surface area contributed by atoms with Crippen LogP contribution in [0.2, 0.25) is 0 Å². The van der Waals surface area contributed by atoms with Crippen molar-refractivity contribution in [1.29, 1.82) is 0 Å². The van der Waals surface area contributed by atoms with Gasteiger partial charge < -0.3 is 15.3 Å². The number of aliphatic hydroxyl groups excluding tert-OH is 1. The van der Waals surface area contributed by atoms with Crippen molar-refractivity contribution in [2.45, 2.75) is 31.7 Å². The number of likely N-dealkylation sites (tertiary alicyclic amines) is 1. The fourth-order valence-electron chi connectivity index (χ4n) is 2.53. The Hall–Kier alpha value is -0.610. The molecule has 0 spiro atoms. The van der Waals surface area contributed by atoms with E-state index in [0.717, 1.165) is 45.3 Å². The molecule has 0 radical (unpaired) electrons. The third kappa shape index (κ3) is 2.49. The van der Waals surface area contributed by atoms with E-state index in [9.17, 15) is 4.79 Å². The molecule has 4 nitrogen and oxygen atoms in total. The second kappa shape index (κ2) is 4.94. The second-order valence-corrected chi connectivity index (χ2v) is 4.62. The van der Waals surface area contributed by atoms with Crippen LogP contribution in [0.15, 0.2) is 0 Å². The van der Waals surface area contributed by atoms with E-state index >= 15 is 0 Å². The van der Waals surface area contributed by atoms with E-state index in [0.29, 0.717) is 5.92 Å². The van der Waals surface area contributed by atoms with E-state index in [4.69, 9.17) is 5.11 Å². The first kappa shape index (κ1) is 10.9. The van der Waals surface area contributed by atoms with Crippen LogP contribution in [0.5, 0.6) is 0 Å². The topological polar surface area (TPSA) is 52.6 Å². The molecule has 2 aliphatic rings. The molecule has 0 saturated carbocycles. The highest BCUT2D eigenvalue weighted by molar-refractivity contribution is 5.82. The molecule has 0 aromatic heterocycles. The monoisotopic (exact) mass is 212 g/mol. The number of amides is 1. The Morgan fingerprint density at radius 1 is 1.40 bits per heavy atom. The predicted molar refractivity (Wildman–Crippen MR) is 57.4 cm³/mol. The molecule has 86 valence electrons. The Bertz CT molecular complexity index is 227. The lowest BCUT2D eigenvalue weighted by Gasteiger charge is -2.33. The van der Waals surface area contributed by atoms with Crippen LogP contribution in [0, 0.1) is 5.92 Å². The van der Waals surface area contributed by atoms with Crippen molar-refractivity contribution >= 4 is 5.91 Å². The molecule has 15 heavy (non-hydrogen) atoms. The molecule has 2 fully saturated rings. The van der Waals surface area contributed by atoms with Gasteiger partial charge in [-0.05, 0) is 38.1 Å². The van der Waals surface area contributed by atoms with Gasteiger partial charge in [-0.3, -0.25) is 4.79 Å². The molecule has 4 heteroatoms. The van der Waals surface area contributed by atoms with Crippen molar-refractivity contribution in [1.82, 2.24) is 10.2 Å². The maximum Gasteiger partial charge on any atom is 0.239 e. The molecule has 2 unspecified atom stereocenters. The van der Waals surface area contributed by atoms with Gasteiger partial charge in [0.1, 0.15) is 0 Å². The third-order valence-electron chi connectivity index (χ3n) is 3.45. The SMILES string of the molecule is O=C(C1CCCN1)N1CCCC(CO)C1. The van der Waals surface area contributed by atoms with Crippen LogP contribution in [0.3, 0.4) is 0 Å². The number of nitrogens with zero attached hydrogens (tertiary/aromatic N) is 1. The van der Waals surface area contributed by atoms with E-state index in [1.807, 2.05) is 4.90 Å².